The largest absolute Gasteiger partial charge is 0.536 e. The lowest BCUT2D eigenvalue weighted by Crippen LogP contribution is -2.54. The predicted octanol–water partition coefficient (Wildman–Crippen LogP) is 0.261. The third-order valence-electron chi connectivity index (χ3n) is 3.11. The highest BCUT2D eigenvalue weighted by atomic mass is 28.4. The highest BCUT2D eigenvalue weighted by molar-refractivity contribution is 6.75. The molecule has 1 aromatic carbocycles. The predicted molar refractivity (Wildman–Crippen MR) is 84.2 cm³/mol. The molecular formula is C13H16N6O3Si. The van der Waals surface area contributed by atoms with Gasteiger partial charge in [0.2, 0.25) is 5.82 Å². The van der Waals surface area contributed by atoms with Crippen LogP contribution in [0.3, 0.4) is 0 Å². The number of aromatic amines is 1. The molecule has 0 saturated carbocycles. The van der Waals surface area contributed by atoms with Crippen LogP contribution in [-0.2, 0) is 13.3 Å². The number of benzene rings is 1. The van der Waals surface area contributed by atoms with Gasteiger partial charge in [0, 0.05) is 38.4 Å². The minimum absolute atomic E-state index is 0.213. The van der Waals surface area contributed by atoms with E-state index in [0.29, 0.717) is 0 Å². The van der Waals surface area contributed by atoms with E-state index in [-0.39, 0.29) is 11.4 Å². The smallest absolute Gasteiger partial charge is 0.373 e. The Morgan fingerprint density at radius 1 is 1.30 bits per heavy atom. The van der Waals surface area contributed by atoms with Crippen molar-refractivity contribution >= 4 is 25.3 Å². The minimum atomic E-state index is -2.91. The second kappa shape index (κ2) is 7.61. The van der Waals surface area contributed by atoms with Gasteiger partial charge in [0.15, 0.2) is 0 Å². The third-order valence-corrected chi connectivity index (χ3v) is 5.74. The summed E-state index contributed by atoms with van der Waals surface area (Å²) in [6, 6.07) is 9.38. The summed E-state index contributed by atoms with van der Waals surface area (Å²) in [4.78, 5) is 0. The lowest BCUT2D eigenvalue weighted by molar-refractivity contribution is 0.140. The number of nitrogens with zero attached hydrogens (tertiary/aromatic N) is 4. The van der Waals surface area contributed by atoms with Crippen molar-refractivity contribution in [2.75, 3.05) is 26.6 Å². The molecular weight excluding hydrogens is 316 g/mol. The number of rotatable bonds is 7. The maximum absolute atomic E-state index is 9.14. The Kier molecular flexibility index (Phi) is 5.55. The molecule has 0 unspecified atom stereocenters. The van der Waals surface area contributed by atoms with Crippen LogP contribution in [0.5, 0.6) is 0 Å². The van der Waals surface area contributed by atoms with Crippen LogP contribution in [0.15, 0.2) is 30.5 Å². The summed E-state index contributed by atoms with van der Waals surface area (Å²) in [5, 5.41) is 26.2. The molecule has 1 heterocycles. The van der Waals surface area contributed by atoms with E-state index in [1.165, 1.54) is 6.20 Å². The summed E-state index contributed by atoms with van der Waals surface area (Å²) < 4.78 is 16.3. The summed E-state index contributed by atoms with van der Waals surface area (Å²) in [6.45, 7) is 0. The second-order valence-electron chi connectivity index (χ2n) is 4.30. The van der Waals surface area contributed by atoms with Crippen molar-refractivity contribution in [1.29, 1.82) is 5.26 Å². The van der Waals surface area contributed by atoms with Gasteiger partial charge in [-0.15, -0.1) is 10.2 Å². The van der Waals surface area contributed by atoms with E-state index >= 15 is 0 Å². The van der Waals surface area contributed by atoms with Gasteiger partial charge >= 0.3 is 8.80 Å². The van der Waals surface area contributed by atoms with E-state index in [1.54, 1.807) is 21.3 Å². The van der Waals surface area contributed by atoms with Gasteiger partial charge in [0.1, 0.15) is 11.6 Å². The average Bonchev–Trinajstić information content (AvgIpc) is 3.12. The number of H-pyrrole nitrogens is 1. The molecule has 0 radical (unpaired) electrons. The number of hydrogen-bond acceptors (Lipinski definition) is 8. The minimum Gasteiger partial charge on any atom is -0.373 e. The molecule has 0 aliphatic heterocycles. The van der Waals surface area contributed by atoms with Crippen molar-refractivity contribution in [3.8, 4) is 6.07 Å². The second-order valence-corrected chi connectivity index (χ2v) is 7.21. The molecule has 0 aliphatic rings. The number of aromatic nitrogens is 4. The van der Waals surface area contributed by atoms with Gasteiger partial charge in [-0.3, -0.25) is 0 Å². The Labute approximate surface area is 134 Å². The molecule has 1 aromatic heterocycles. The molecule has 9 nitrogen and oxygen atoms in total. The van der Waals surface area contributed by atoms with Crippen LogP contribution >= 0.6 is 0 Å². The highest BCUT2D eigenvalue weighted by Crippen LogP contribution is 2.13. The number of hydrogen-bond donors (Lipinski definition) is 2. The van der Waals surface area contributed by atoms with Crippen LogP contribution in [0.25, 0.3) is 5.57 Å². The van der Waals surface area contributed by atoms with Crippen molar-refractivity contribution < 1.29 is 13.3 Å². The molecule has 23 heavy (non-hydrogen) atoms. The van der Waals surface area contributed by atoms with Crippen molar-refractivity contribution in [2.45, 2.75) is 0 Å². The number of allylic oxidation sites excluding steroid dienone is 1. The molecule has 0 fully saturated rings. The van der Waals surface area contributed by atoms with Crippen LogP contribution < -0.4 is 10.5 Å². The molecule has 0 spiro atoms. The van der Waals surface area contributed by atoms with Crippen LogP contribution in [-0.4, -0.2) is 50.8 Å². The van der Waals surface area contributed by atoms with Gasteiger partial charge in [0.25, 0.3) is 0 Å². The van der Waals surface area contributed by atoms with Crippen molar-refractivity contribution in [1.82, 2.24) is 20.6 Å². The first-order chi connectivity index (χ1) is 11.2. The Hall–Kier alpha value is -2.58. The average molecular weight is 332 g/mol. The van der Waals surface area contributed by atoms with Crippen LogP contribution in [0.1, 0.15) is 5.82 Å². The lowest BCUT2D eigenvalue weighted by atomic mass is 10.3. The number of nitrogens with one attached hydrogen (secondary N) is 2. The van der Waals surface area contributed by atoms with E-state index in [4.69, 9.17) is 18.5 Å². The molecule has 0 saturated heterocycles. The fourth-order valence-corrected chi connectivity index (χ4v) is 3.82. The van der Waals surface area contributed by atoms with Gasteiger partial charge in [-0.25, -0.2) is 0 Å². The van der Waals surface area contributed by atoms with E-state index in [1.807, 2.05) is 30.3 Å². The van der Waals surface area contributed by atoms with E-state index < -0.39 is 8.80 Å². The number of nitriles is 1. The van der Waals surface area contributed by atoms with E-state index in [0.717, 1.165) is 10.9 Å². The van der Waals surface area contributed by atoms with Crippen molar-refractivity contribution in [3.05, 3.63) is 36.3 Å². The summed E-state index contributed by atoms with van der Waals surface area (Å²) >= 11 is 0. The molecule has 2 N–H and O–H groups in total. The van der Waals surface area contributed by atoms with Gasteiger partial charge < -0.3 is 18.6 Å². The Morgan fingerprint density at radius 3 is 2.61 bits per heavy atom. The zero-order chi connectivity index (χ0) is 16.7. The first kappa shape index (κ1) is 16.8. The number of tetrazole rings is 1. The summed E-state index contributed by atoms with van der Waals surface area (Å²) in [5.74, 6) is 0.213. The molecule has 0 amide bonds. The summed E-state index contributed by atoms with van der Waals surface area (Å²) in [5.41, 5.74) is 0.986. The summed E-state index contributed by atoms with van der Waals surface area (Å²) in [6.07, 6.45) is 1.50. The van der Waals surface area contributed by atoms with Crippen molar-refractivity contribution in [3.63, 3.8) is 0 Å². The highest BCUT2D eigenvalue weighted by Gasteiger charge is 2.40. The SMILES string of the molecule is CO[Si](OC)(OC)c1cccc(NC=C(C#N)c2nn[nH]n2)c1. The summed E-state index contributed by atoms with van der Waals surface area (Å²) in [7, 11) is 1.73. The van der Waals surface area contributed by atoms with Gasteiger partial charge in [-0.1, -0.05) is 12.1 Å². The van der Waals surface area contributed by atoms with E-state index in [9.17, 15) is 0 Å². The fraction of sp³-hybridized carbons (Fsp3) is 0.231. The Morgan fingerprint density at radius 2 is 2.04 bits per heavy atom. The van der Waals surface area contributed by atoms with Crippen LogP contribution in [0.2, 0.25) is 0 Å². The molecule has 10 heteroatoms. The normalized spacial score (nSPS) is 12.0. The fourth-order valence-electron chi connectivity index (χ4n) is 1.98. The van der Waals surface area contributed by atoms with Gasteiger partial charge in [-0.05, 0) is 17.3 Å². The standard InChI is InChI=1S/C13H16N6O3Si/c1-20-23(21-2,22-3)12-6-4-5-11(7-12)15-9-10(8-14)13-16-18-19-17-13/h4-7,9,15H,1-3H3,(H,16,17,18,19). The van der Waals surface area contributed by atoms with Crippen molar-refractivity contribution in [2.24, 2.45) is 0 Å². The monoisotopic (exact) mass is 332 g/mol. The van der Waals surface area contributed by atoms with Crippen LogP contribution in [0, 0.1) is 11.3 Å². The molecule has 2 aromatic rings. The molecule has 0 atom stereocenters. The molecule has 120 valence electrons. The topological polar surface area (TPSA) is 118 Å². The molecule has 2 rings (SSSR count). The maximum atomic E-state index is 9.14. The zero-order valence-corrected chi connectivity index (χ0v) is 13.9. The quantitative estimate of drug-likeness (QED) is 0.547. The number of anilines is 1. The van der Waals surface area contributed by atoms with Crippen LogP contribution in [0.4, 0.5) is 5.69 Å². The van der Waals surface area contributed by atoms with Gasteiger partial charge in [0.05, 0.1) is 0 Å². The first-order valence-electron chi connectivity index (χ1n) is 6.55. The third kappa shape index (κ3) is 3.61. The maximum Gasteiger partial charge on any atom is 0.536 e. The lowest BCUT2D eigenvalue weighted by Gasteiger charge is -2.24. The van der Waals surface area contributed by atoms with E-state index in [2.05, 4.69) is 25.9 Å². The van der Waals surface area contributed by atoms with Gasteiger partial charge in [-0.2, -0.15) is 10.5 Å². The molecule has 0 bridgehead atoms. The Bertz CT molecular complexity index is 700. The first-order valence-corrected chi connectivity index (χ1v) is 8.28. The molecule has 0 aliphatic carbocycles. The zero-order valence-electron chi connectivity index (χ0n) is 12.9. The Balaban J connectivity index is 2.25.